The highest BCUT2D eigenvalue weighted by Gasteiger charge is 2.10. The Hall–Kier alpha value is -2.86. The predicted octanol–water partition coefficient (Wildman–Crippen LogP) is 2.50. The van der Waals surface area contributed by atoms with Crippen molar-refractivity contribution in [3.05, 3.63) is 64.4 Å². The number of benzene rings is 2. The number of nitrogens with zero attached hydrogens (tertiary/aromatic N) is 3. The lowest BCUT2D eigenvalue weighted by molar-refractivity contribution is 0.245. The smallest absolute Gasteiger partial charge is 0.207 e. The molecule has 0 fully saturated rings. The van der Waals surface area contributed by atoms with Gasteiger partial charge in [-0.25, -0.2) is 0 Å². The highest BCUT2D eigenvalue weighted by Crippen LogP contribution is 2.25. The Labute approximate surface area is 146 Å². The first-order valence-electron chi connectivity index (χ1n) is 7.96. The molecule has 25 heavy (non-hydrogen) atoms. The van der Waals surface area contributed by atoms with Gasteiger partial charge in [0.05, 0.1) is 32.6 Å². The van der Waals surface area contributed by atoms with Gasteiger partial charge in [-0.3, -0.25) is 14.4 Å². The van der Waals surface area contributed by atoms with Gasteiger partial charge in [0, 0.05) is 23.6 Å². The summed E-state index contributed by atoms with van der Waals surface area (Å²) in [6.07, 6.45) is 1.37. The van der Waals surface area contributed by atoms with E-state index in [4.69, 9.17) is 9.47 Å². The van der Waals surface area contributed by atoms with Gasteiger partial charge >= 0.3 is 0 Å². The lowest BCUT2D eigenvalue weighted by atomic mass is 10.2. The Kier molecular flexibility index (Phi) is 5.00. The summed E-state index contributed by atoms with van der Waals surface area (Å²) in [5.74, 6) is 1.54. The average molecular weight is 339 g/mol. The number of rotatable bonds is 6. The first-order chi connectivity index (χ1) is 12.1. The first-order valence-corrected chi connectivity index (χ1v) is 7.96. The molecule has 2 aromatic carbocycles. The Morgan fingerprint density at radius 3 is 2.68 bits per heavy atom. The summed E-state index contributed by atoms with van der Waals surface area (Å²) in [6.45, 7) is 1.23. The Morgan fingerprint density at radius 2 is 1.92 bits per heavy atom. The van der Waals surface area contributed by atoms with Crippen molar-refractivity contribution < 1.29 is 9.47 Å². The lowest BCUT2D eigenvalue weighted by Gasteiger charge is -2.20. The molecule has 0 atom stereocenters. The summed E-state index contributed by atoms with van der Waals surface area (Å²) in [5.41, 5.74) is 1.81. The van der Waals surface area contributed by atoms with Gasteiger partial charge in [0.1, 0.15) is 11.5 Å². The molecule has 1 aromatic heterocycles. The maximum Gasteiger partial charge on any atom is 0.207 e. The summed E-state index contributed by atoms with van der Waals surface area (Å²) < 4.78 is 12.5. The maximum absolute atomic E-state index is 11.9. The van der Waals surface area contributed by atoms with Crippen LogP contribution in [0.5, 0.6) is 11.5 Å². The van der Waals surface area contributed by atoms with Gasteiger partial charge in [-0.15, -0.1) is 0 Å². The fraction of sp³-hybridized carbons (Fsp3) is 0.263. The maximum atomic E-state index is 11.9. The van der Waals surface area contributed by atoms with Crippen LogP contribution in [-0.2, 0) is 13.2 Å². The van der Waals surface area contributed by atoms with Gasteiger partial charge in [0.15, 0.2) is 0 Å². The van der Waals surface area contributed by atoms with E-state index in [2.05, 4.69) is 10.00 Å². The normalized spacial score (nSPS) is 11.0. The topological polar surface area (TPSA) is 56.6 Å². The molecule has 0 bridgehead atoms. The summed E-state index contributed by atoms with van der Waals surface area (Å²) >= 11 is 0. The molecule has 0 saturated carbocycles. The fourth-order valence-electron chi connectivity index (χ4n) is 2.83. The number of hydrogen-bond acceptors (Lipinski definition) is 5. The largest absolute Gasteiger partial charge is 0.497 e. The number of ether oxygens (including phenoxy) is 2. The van der Waals surface area contributed by atoms with E-state index in [9.17, 15) is 4.79 Å². The predicted molar refractivity (Wildman–Crippen MR) is 97.0 cm³/mol. The van der Waals surface area contributed by atoms with Crippen LogP contribution in [-0.4, -0.2) is 35.9 Å². The van der Waals surface area contributed by atoms with E-state index in [1.165, 1.54) is 6.20 Å². The number of para-hydroxylation sites is 1. The molecule has 0 N–H and O–H groups in total. The van der Waals surface area contributed by atoms with E-state index in [1.54, 1.807) is 14.2 Å². The van der Waals surface area contributed by atoms with Crippen LogP contribution in [0.25, 0.3) is 10.9 Å². The first kappa shape index (κ1) is 17.0. The molecule has 0 aliphatic rings. The van der Waals surface area contributed by atoms with Gasteiger partial charge in [0.2, 0.25) is 5.43 Å². The highest BCUT2D eigenvalue weighted by atomic mass is 16.5. The van der Waals surface area contributed by atoms with E-state index in [0.29, 0.717) is 18.6 Å². The van der Waals surface area contributed by atoms with Crippen molar-refractivity contribution in [2.75, 3.05) is 21.3 Å². The lowest BCUT2D eigenvalue weighted by Crippen LogP contribution is -2.25. The fourth-order valence-corrected chi connectivity index (χ4v) is 2.83. The second kappa shape index (κ2) is 7.36. The third kappa shape index (κ3) is 3.64. The molecule has 0 aliphatic carbocycles. The third-order valence-corrected chi connectivity index (χ3v) is 4.07. The molecule has 6 nitrogen and oxygen atoms in total. The molecule has 0 unspecified atom stereocenters. The van der Waals surface area contributed by atoms with Crippen molar-refractivity contribution in [3.63, 3.8) is 0 Å². The second-order valence-electron chi connectivity index (χ2n) is 5.86. The van der Waals surface area contributed by atoms with Crippen molar-refractivity contribution >= 4 is 10.9 Å². The number of methoxy groups -OCH3 is 2. The van der Waals surface area contributed by atoms with E-state index in [1.807, 2.05) is 54.2 Å². The zero-order valence-corrected chi connectivity index (χ0v) is 14.6. The summed E-state index contributed by atoms with van der Waals surface area (Å²) in [7, 11) is 5.28. The molecule has 6 heteroatoms. The molecule has 0 amide bonds. The Balaban J connectivity index is 1.83. The van der Waals surface area contributed by atoms with Crippen LogP contribution in [0.1, 0.15) is 5.56 Å². The molecule has 1 heterocycles. The van der Waals surface area contributed by atoms with Crippen LogP contribution >= 0.6 is 0 Å². The molecule has 3 rings (SSSR count). The van der Waals surface area contributed by atoms with Crippen LogP contribution in [0, 0.1) is 0 Å². The van der Waals surface area contributed by atoms with Crippen molar-refractivity contribution in [2.24, 2.45) is 0 Å². The van der Waals surface area contributed by atoms with Crippen molar-refractivity contribution in [2.45, 2.75) is 13.2 Å². The minimum Gasteiger partial charge on any atom is -0.497 e. The summed E-state index contributed by atoms with van der Waals surface area (Å²) in [6, 6.07) is 13.3. The highest BCUT2D eigenvalue weighted by molar-refractivity contribution is 5.77. The SMILES string of the molecule is COc1ccc(CN(C)Cn2ncc(=O)c3ccccc32)c(OC)c1. The van der Waals surface area contributed by atoms with E-state index < -0.39 is 0 Å². The minimum atomic E-state index is -0.0636. The molecular formula is C19H21N3O3. The quantitative estimate of drug-likeness (QED) is 0.691. The van der Waals surface area contributed by atoms with Crippen LogP contribution in [0.4, 0.5) is 0 Å². The molecule has 130 valence electrons. The minimum absolute atomic E-state index is 0.0636. The second-order valence-corrected chi connectivity index (χ2v) is 5.86. The van der Waals surface area contributed by atoms with Gasteiger partial charge in [0.25, 0.3) is 0 Å². The number of fused-ring (bicyclic) bond motifs is 1. The van der Waals surface area contributed by atoms with Crippen LogP contribution in [0.3, 0.4) is 0 Å². The zero-order valence-electron chi connectivity index (χ0n) is 14.6. The number of aromatic nitrogens is 2. The molecule has 3 aromatic rings. The van der Waals surface area contributed by atoms with Crippen molar-refractivity contribution in [3.8, 4) is 11.5 Å². The molecule has 0 aliphatic heterocycles. The van der Waals surface area contributed by atoms with Crippen molar-refractivity contribution in [1.29, 1.82) is 0 Å². The van der Waals surface area contributed by atoms with E-state index >= 15 is 0 Å². The average Bonchev–Trinajstić information content (AvgIpc) is 2.64. The van der Waals surface area contributed by atoms with E-state index in [-0.39, 0.29) is 5.43 Å². The Morgan fingerprint density at radius 1 is 1.12 bits per heavy atom. The van der Waals surface area contributed by atoms with Crippen LogP contribution < -0.4 is 14.9 Å². The third-order valence-electron chi connectivity index (χ3n) is 4.07. The summed E-state index contributed by atoms with van der Waals surface area (Å²) in [4.78, 5) is 14.0. The molecular weight excluding hydrogens is 318 g/mol. The molecule has 0 spiro atoms. The van der Waals surface area contributed by atoms with Gasteiger partial charge < -0.3 is 9.47 Å². The zero-order chi connectivity index (χ0) is 17.8. The van der Waals surface area contributed by atoms with Gasteiger partial charge in [-0.1, -0.05) is 18.2 Å². The van der Waals surface area contributed by atoms with Crippen LogP contribution in [0.15, 0.2) is 53.5 Å². The molecule has 0 saturated heterocycles. The molecule has 0 radical (unpaired) electrons. The van der Waals surface area contributed by atoms with Gasteiger partial charge in [-0.05, 0) is 25.2 Å². The van der Waals surface area contributed by atoms with E-state index in [0.717, 1.165) is 22.6 Å². The van der Waals surface area contributed by atoms with Crippen LogP contribution in [0.2, 0.25) is 0 Å². The summed E-state index contributed by atoms with van der Waals surface area (Å²) in [5, 5.41) is 4.94. The monoisotopic (exact) mass is 339 g/mol. The standard InChI is InChI=1S/C19H21N3O3/c1-21(12-14-8-9-15(24-2)10-19(14)25-3)13-22-17-7-5-4-6-16(17)18(23)11-20-22/h4-11H,12-13H2,1-3H3. The van der Waals surface area contributed by atoms with Gasteiger partial charge in [-0.2, -0.15) is 5.10 Å². The van der Waals surface area contributed by atoms with Crippen molar-refractivity contribution in [1.82, 2.24) is 14.7 Å². The number of hydrogen-bond donors (Lipinski definition) is 0. The Bertz CT molecular complexity index is 937.